The number of hydrogen-bond donors (Lipinski definition) is 1. The zero-order valence-electron chi connectivity index (χ0n) is 13.6. The molecule has 0 aromatic heterocycles. The topological polar surface area (TPSA) is 58.6 Å². The van der Waals surface area contributed by atoms with Gasteiger partial charge in [-0.3, -0.25) is 9.59 Å². The zero-order valence-corrected chi connectivity index (χ0v) is 13.6. The molecule has 5 heteroatoms. The highest BCUT2D eigenvalue weighted by atomic mass is 16.5. The highest BCUT2D eigenvalue weighted by Crippen LogP contribution is 2.28. The molecule has 1 aliphatic carbocycles. The first-order chi connectivity index (χ1) is 11.1. The summed E-state index contributed by atoms with van der Waals surface area (Å²) < 4.78 is 5.79. The Balaban J connectivity index is 1.57. The van der Waals surface area contributed by atoms with Gasteiger partial charge < -0.3 is 15.0 Å². The predicted octanol–water partition coefficient (Wildman–Crippen LogP) is 1.89. The van der Waals surface area contributed by atoms with E-state index in [4.69, 9.17) is 4.74 Å². The van der Waals surface area contributed by atoms with Gasteiger partial charge in [0.1, 0.15) is 0 Å². The van der Waals surface area contributed by atoms with Gasteiger partial charge in [-0.25, -0.2) is 0 Å². The predicted molar refractivity (Wildman–Crippen MR) is 87.2 cm³/mol. The van der Waals surface area contributed by atoms with Gasteiger partial charge in [-0.1, -0.05) is 30.5 Å². The van der Waals surface area contributed by atoms with Crippen molar-refractivity contribution in [3.8, 4) is 0 Å². The molecular weight excluding hydrogens is 292 g/mol. The average Bonchev–Trinajstić information content (AvgIpc) is 2.59. The molecule has 2 atom stereocenters. The molecule has 0 radical (unpaired) electrons. The van der Waals surface area contributed by atoms with Crippen molar-refractivity contribution in [3.05, 3.63) is 35.4 Å². The number of nitrogens with one attached hydrogen (secondary N) is 1. The highest BCUT2D eigenvalue weighted by molar-refractivity contribution is 5.96. The van der Waals surface area contributed by atoms with Crippen LogP contribution in [-0.4, -0.2) is 48.6 Å². The number of fused-ring (bicyclic) bond motifs is 1. The van der Waals surface area contributed by atoms with E-state index in [1.165, 1.54) is 6.42 Å². The minimum Gasteiger partial charge on any atom is -0.374 e. The summed E-state index contributed by atoms with van der Waals surface area (Å²) >= 11 is 0. The summed E-state index contributed by atoms with van der Waals surface area (Å²) in [7, 11) is 0. The van der Waals surface area contributed by atoms with Crippen molar-refractivity contribution in [3.63, 3.8) is 0 Å². The number of amides is 2. The summed E-state index contributed by atoms with van der Waals surface area (Å²) in [6.45, 7) is 3.22. The first-order valence-electron chi connectivity index (χ1n) is 8.41. The molecule has 124 valence electrons. The van der Waals surface area contributed by atoms with E-state index < -0.39 is 0 Å². The number of rotatable bonds is 3. The molecule has 0 bridgehead atoms. The van der Waals surface area contributed by atoms with Crippen LogP contribution in [0.15, 0.2) is 24.3 Å². The lowest BCUT2D eigenvalue weighted by atomic mass is 9.90. The van der Waals surface area contributed by atoms with E-state index in [2.05, 4.69) is 5.32 Å². The molecular formula is C18H24N2O3. The van der Waals surface area contributed by atoms with Gasteiger partial charge in [-0.15, -0.1) is 0 Å². The quantitative estimate of drug-likeness (QED) is 0.926. The maximum atomic E-state index is 12.5. The largest absolute Gasteiger partial charge is 0.374 e. The van der Waals surface area contributed by atoms with Gasteiger partial charge in [0.15, 0.2) is 0 Å². The van der Waals surface area contributed by atoms with E-state index in [0.717, 1.165) is 24.8 Å². The second-order valence-electron chi connectivity index (χ2n) is 6.40. The fraction of sp³-hybridized carbons (Fsp3) is 0.556. The van der Waals surface area contributed by atoms with Gasteiger partial charge in [0, 0.05) is 12.1 Å². The van der Waals surface area contributed by atoms with E-state index in [9.17, 15) is 9.59 Å². The third kappa shape index (κ3) is 3.72. The van der Waals surface area contributed by atoms with Crippen LogP contribution in [0.4, 0.5) is 0 Å². The molecule has 1 saturated heterocycles. The Morgan fingerprint density at radius 3 is 2.96 bits per heavy atom. The molecule has 2 amide bonds. The lowest BCUT2D eigenvalue weighted by Crippen LogP contribution is -2.56. The number of aryl methyl sites for hydroxylation is 1. The van der Waals surface area contributed by atoms with Crippen LogP contribution in [0.5, 0.6) is 0 Å². The van der Waals surface area contributed by atoms with Crippen molar-refractivity contribution in [2.75, 3.05) is 19.7 Å². The number of benzene rings is 1. The summed E-state index contributed by atoms with van der Waals surface area (Å²) in [6, 6.07) is 7.56. The van der Waals surface area contributed by atoms with E-state index in [1.54, 1.807) is 6.07 Å². The van der Waals surface area contributed by atoms with Gasteiger partial charge in [0.05, 0.1) is 25.3 Å². The number of carbonyl (C=O) groups is 2. The van der Waals surface area contributed by atoms with Crippen LogP contribution in [0.3, 0.4) is 0 Å². The van der Waals surface area contributed by atoms with Crippen molar-refractivity contribution < 1.29 is 14.3 Å². The van der Waals surface area contributed by atoms with Gasteiger partial charge in [0.25, 0.3) is 5.91 Å². The van der Waals surface area contributed by atoms with Crippen LogP contribution >= 0.6 is 0 Å². The summed E-state index contributed by atoms with van der Waals surface area (Å²) in [4.78, 5) is 26.6. The normalized spacial score (nSPS) is 24.0. The van der Waals surface area contributed by atoms with Crippen LogP contribution in [0.2, 0.25) is 0 Å². The number of ether oxygens (including phenoxy) is 1. The molecule has 1 heterocycles. The summed E-state index contributed by atoms with van der Waals surface area (Å²) in [5.74, 6) is -0.207. The van der Waals surface area contributed by atoms with Gasteiger partial charge >= 0.3 is 0 Å². The van der Waals surface area contributed by atoms with Crippen molar-refractivity contribution in [1.29, 1.82) is 0 Å². The number of morpholine rings is 1. The van der Waals surface area contributed by atoms with Crippen molar-refractivity contribution in [2.45, 2.75) is 44.8 Å². The van der Waals surface area contributed by atoms with Crippen LogP contribution in [0, 0.1) is 6.92 Å². The molecule has 1 aliphatic heterocycles. The first-order valence-corrected chi connectivity index (χ1v) is 8.41. The Hall–Kier alpha value is -1.88. The number of carbonyl (C=O) groups excluding carboxylic acids is 2. The van der Waals surface area contributed by atoms with Gasteiger partial charge in [-0.05, 0) is 31.9 Å². The first kappa shape index (κ1) is 16.0. The third-order valence-corrected chi connectivity index (χ3v) is 4.73. The standard InChI is InChI=1S/C18H24N2O3/c1-13-5-4-6-14(11-13)18(22)19-12-17(21)20-9-10-23-16-8-3-2-7-15(16)20/h4-6,11,15-16H,2-3,7-10,12H2,1H3,(H,19,22). The SMILES string of the molecule is Cc1cccc(C(=O)NCC(=O)N2CCOC3CCCCC32)c1. The van der Waals surface area contributed by atoms with Crippen LogP contribution in [0.1, 0.15) is 41.6 Å². The molecule has 1 aromatic carbocycles. The Kier molecular flexibility index (Phi) is 4.96. The maximum absolute atomic E-state index is 12.5. The number of hydrogen-bond acceptors (Lipinski definition) is 3. The Labute approximate surface area is 137 Å². The fourth-order valence-corrected chi connectivity index (χ4v) is 3.55. The monoisotopic (exact) mass is 316 g/mol. The molecule has 3 rings (SSSR count). The highest BCUT2D eigenvalue weighted by Gasteiger charge is 2.36. The molecule has 5 nitrogen and oxygen atoms in total. The Morgan fingerprint density at radius 1 is 1.30 bits per heavy atom. The molecule has 2 aliphatic rings. The molecule has 1 aromatic rings. The van der Waals surface area contributed by atoms with E-state index in [1.807, 2.05) is 30.0 Å². The molecule has 1 saturated carbocycles. The fourth-order valence-electron chi connectivity index (χ4n) is 3.55. The minimum atomic E-state index is -0.199. The molecule has 23 heavy (non-hydrogen) atoms. The minimum absolute atomic E-state index is 0.00815. The average molecular weight is 316 g/mol. The number of nitrogens with zero attached hydrogens (tertiary/aromatic N) is 1. The second-order valence-corrected chi connectivity index (χ2v) is 6.40. The van der Waals surface area contributed by atoms with Crippen LogP contribution in [-0.2, 0) is 9.53 Å². The van der Waals surface area contributed by atoms with Crippen LogP contribution in [0.25, 0.3) is 0 Å². The summed E-state index contributed by atoms with van der Waals surface area (Å²) in [5, 5.41) is 2.75. The Morgan fingerprint density at radius 2 is 2.13 bits per heavy atom. The molecule has 2 fully saturated rings. The smallest absolute Gasteiger partial charge is 0.251 e. The third-order valence-electron chi connectivity index (χ3n) is 4.73. The second kappa shape index (κ2) is 7.13. The van der Waals surface area contributed by atoms with E-state index in [0.29, 0.717) is 18.7 Å². The van der Waals surface area contributed by atoms with Gasteiger partial charge in [-0.2, -0.15) is 0 Å². The molecule has 1 N–H and O–H groups in total. The van der Waals surface area contributed by atoms with E-state index >= 15 is 0 Å². The maximum Gasteiger partial charge on any atom is 0.251 e. The van der Waals surface area contributed by atoms with Crippen molar-refractivity contribution >= 4 is 11.8 Å². The Bertz CT molecular complexity index is 585. The van der Waals surface area contributed by atoms with Crippen molar-refractivity contribution in [1.82, 2.24) is 10.2 Å². The van der Waals surface area contributed by atoms with Crippen LogP contribution < -0.4 is 5.32 Å². The van der Waals surface area contributed by atoms with Gasteiger partial charge in [0.2, 0.25) is 5.91 Å². The van der Waals surface area contributed by atoms with E-state index in [-0.39, 0.29) is 30.5 Å². The summed E-state index contributed by atoms with van der Waals surface area (Å²) in [5.41, 5.74) is 1.62. The zero-order chi connectivity index (χ0) is 16.2. The molecule has 0 spiro atoms. The van der Waals surface area contributed by atoms with Crippen molar-refractivity contribution in [2.24, 2.45) is 0 Å². The lowest BCUT2D eigenvalue weighted by Gasteiger charge is -2.43. The lowest BCUT2D eigenvalue weighted by molar-refractivity contribution is -0.148. The molecule has 2 unspecified atom stereocenters. The summed E-state index contributed by atoms with van der Waals surface area (Å²) in [6.07, 6.45) is 4.53.